The highest BCUT2D eigenvalue weighted by Crippen LogP contribution is 2.43. The number of rotatable bonds is 6. The molecule has 5 rings (SSSR count). The second-order valence-corrected chi connectivity index (χ2v) is 8.74. The van der Waals surface area contributed by atoms with Crippen LogP contribution in [0.3, 0.4) is 0 Å². The van der Waals surface area contributed by atoms with Crippen molar-refractivity contribution in [2.24, 2.45) is 0 Å². The van der Waals surface area contributed by atoms with E-state index >= 15 is 0 Å². The van der Waals surface area contributed by atoms with Crippen LogP contribution in [-0.4, -0.2) is 30.5 Å². The molecule has 0 radical (unpaired) electrons. The maximum Gasteiger partial charge on any atom is 0.247 e. The van der Waals surface area contributed by atoms with Crippen molar-refractivity contribution >= 4 is 46.0 Å². The van der Waals surface area contributed by atoms with Crippen LogP contribution in [0.4, 0.5) is 10.2 Å². The quantitative estimate of drug-likeness (QED) is 0.430. The Balaban J connectivity index is 1.32. The van der Waals surface area contributed by atoms with Gasteiger partial charge in [0.05, 0.1) is 12.2 Å². The van der Waals surface area contributed by atoms with Crippen molar-refractivity contribution in [2.45, 2.75) is 38.8 Å². The molecule has 7 nitrogen and oxygen atoms in total. The van der Waals surface area contributed by atoms with Crippen LogP contribution in [0.1, 0.15) is 35.6 Å². The Kier molecular flexibility index (Phi) is 5.35. The van der Waals surface area contributed by atoms with E-state index in [2.05, 4.69) is 20.5 Å². The van der Waals surface area contributed by atoms with E-state index in [9.17, 15) is 9.18 Å². The lowest BCUT2D eigenvalue weighted by Gasteiger charge is -2.06. The first-order valence-electron chi connectivity index (χ1n) is 10.2. The molecular formula is C22H19Cl2FN6O. The minimum Gasteiger partial charge on any atom is -0.306 e. The van der Waals surface area contributed by atoms with Crippen LogP contribution in [0.2, 0.25) is 10.0 Å². The number of aryl methyl sites for hydroxylation is 1. The molecule has 164 valence electrons. The summed E-state index contributed by atoms with van der Waals surface area (Å²) in [6.45, 7) is 2.20. The third-order valence-electron chi connectivity index (χ3n) is 5.47. The predicted octanol–water partition coefficient (Wildman–Crippen LogP) is 4.95. The zero-order valence-electron chi connectivity index (χ0n) is 17.1. The molecule has 1 aromatic carbocycles. The van der Waals surface area contributed by atoms with Gasteiger partial charge >= 0.3 is 0 Å². The highest BCUT2D eigenvalue weighted by Gasteiger charge is 2.28. The summed E-state index contributed by atoms with van der Waals surface area (Å²) in [5.41, 5.74) is 3.49. The monoisotopic (exact) mass is 472 g/mol. The van der Waals surface area contributed by atoms with Crippen molar-refractivity contribution in [3.8, 4) is 0 Å². The molecule has 0 bridgehead atoms. The molecule has 1 aliphatic rings. The Morgan fingerprint density at radius 2 is 2.03 bits per heavy atom. The van der Waals surface area contributed by atoms with Gasteiger partial charge in [0.25, 0.3) is 0 Å². The number of halogens is 3. The van der Waals surface area contributed by atoms with Crippen molar-refractivity contribution < 1.29 is 9.18 Å². The molecule has 10 heteroatoms. The molecule has 0 spiro atoms. The molecular weight excluding hydrogens is 454 g/mol. The van der Waals surface area contributed by atoms with Gasteiger partial charge in [-0.25, -0.2) is 14.1 Å². The first-order valence-corrected chi connectivity index (χ1v) is 10.9. The van der Waals surface area contributed by atoms with Gasteiger partial charge in [-0.3, -0.25) is 9.48 Å². The number of nitrogens with one attached hydrogen (secondary N) is 1. The third kappa shape index (κ3) is 4.08. The van der Waals surface area contributed by atoms with Gasteiger partial charge < -0.3 is 5.32 Å². The fourth-order valence-electron chi connectivity index (χ4n) is 3.85. The molecule has 0 aliphatic heterocycles. The van der Waals surface area contributed by atoms with E-state index in [1.54, 1.807) is 23.1 Å². The summed E-state index contributed by atoms with van der Waals surface area (Å²) in [6, 6.07) is 6.19. The first kappa shape index (κ1) is 20.9. The lowest BCUT2D eigenvalue weighted by atomic mass is 10.1. The number of hydrogen-bond acceptors (Lipinski definition) is 4. The van der Waals surface area contributed by atoms with Crippen LogP contribution in [-0.2, 0) is 17.9 Å². The Morgan fingerprint density at radius 3 is 2.78 bits per heavy atom. The summed E-state index contributed by atoms with van der Waals surface area (Å²) in [5, 5.41) is 13.2. The van der Waals surface area contributed by atoms with E-state index in [1.807, 2.05) is 13.0 Å². The number of nitrogens with zero attached hydrogens (tertiary/aromatic N) is 5. The van der Waals surface area contributed by atoms with Gasteiger partial charge in [0.15, 0.2) is 11.5 Å². The average Bonchev–Trinajstić information content (AvgIpc) is 3.47. The molecule has 1 amide bonds. The Labute approximate surface area is 193 Å². The van der Waals surface area contributed by atoms with Gasteiger partial charge in [0, 0.05) is 22.8 Å². The zero-order valence-corrected chi connectivity index (χ0v) is 18.7. The molecule has 3 heterocycles. The SMILES string of the molecule is Cc1nn(CC(=O)Nc2nn(Cc3ccc(F)cc3Cl)cc2Cl)c2nccc(C3CC3)c12. The van der Waals surface area contributed by atoms with Gasteiger partial charge in [0.1, 0.15) is 17.4 Å². The van der Waals surface area contributed by atoms with Gasteiger partial charge in [-0.05, 0) is 55.0 Å². The van der Waals surface area contributed by atoms with Crippen molar-refractivity contribution in [3.63, 3.8) is 0 Å². The lowest BCUT2D eigenvalue weighted by Crippen LogP contribution is -2.20. The van der Waals surface area contributed by atoms with E-state index in [-0.39, 0.29) is 29.8 Å². The van der Waals surface area contributed by atoms with Crippen molar-refractivity contribution in [3.05, 3.63) is 69.3 Å². The Morgan fingerprint density at radius 1 is 1.22 bits per heavy atom. The number of pyridine rings is 1. The fourth-order valence-corrected chi connectivity index (χ4v) is 4.27. The summed E-state index contributed by atoms with van der Waals surface area (Å²) >= 11 is 12.3. The molecule has 1 saturated carbocycles. The Hall–Kier alpha value is -2.97. The molecule has 1 N–H and O–H groups in total. The number of aromatic nitrogens is 5. The Bertz CT molecular complexity index is 1340. The largest absolute Gasteiger partial charge is 0.306 e. The zero-order chi connectivity index (χ0) is 22.4. The number of carbonyl (C=O) groups is 1. The summed E-state index contributed by atoms with van der Waals surface area (Å²) in [7, 11) is 0. The van der Waals surface area contributed by atoms with Crippen molar-refractivity contribution in [2.75, 3.05) is 5.32 Å². The molecule has 1 aliphatic carbocycles. The normalized spacial score (nSPS) is 13.6. The number of benzene rings is 1. The second kappa shape index (κ2) is 8.18. The topological polar surface area (TPSA) is 77.6 Å². The number of hydrogen-bond donors (Lipinski definition) is 1. The lowest BCUT2D eigenvalue weighted by molar-refractivity contribution is -0.116. The first-order chi connectivity index (χ1) is 15.4. The van der Waals surface area contributed by atoms with Crippen molar-refractivity contribution in [1.29, 1.82) is 0 Å². The van der Waals surface area contributed by atoms with E-state index in [1.165, 1.54) is 35.2 Å². The number of fused-ring (bicyclic) bond motifs is 1. The van der Waals surface area contributed by atoms with Gasteiger partial charge in [-0.15, -0.1) is 0 Å². The van der Waals surface area contributed by atoms with E-state index in [4.69, 9.17) is 23.2 Å². The summed E-state index contributed by atoms with van der Waals surface area (Å²) in [4.78, 5) is 17.2. The number of anilines is 1. The van der Waals surface area contributed by atoms with E-state index < -0.39 is 5.82 Å². The smallest absolute Gasteiger partial charge is 0.247 e. The molecule has 0 saturated heterocycles. The molecule has 4 aromatic rings. The third-order valence-corrected chi connectivity index (χ3v) is 6.10. The number of carbonyl (C=O) groups excluding carboxylic acids is 1. The standard InChI is InChI=1S/C22H19Cl2FN6O/c1-12-20-16(13-2-3-13)6-7-26-22(20)31(28-12)11-19(32)27-21-18(24)10-30(29-21)9-14-4-5-15(25)8-17(14)23/h4-8,10,13H,2-3,9,11H2,1H3,(H,27,29,32). The van der Waals surface area contributed by atoms with Gasteiger partial charge in [-0.1, -0.05) is 29.3 Å². The maximum absolute atomic E-state index is 13.3. The van der Waals surface area contributed by atoms with E-state index in [0.29, 0.717) is 22.2 Å². The molecule has 32 heavy (non-hydrogen) atoms. The summed E-state index contributed by atoms with van der Waals surface area (Å²) in [6.07, 6.45) is 5.70. The highest BCUT2D eigenvalue weighted by molar-refractivity contribution is 6.33. The molecule has 1 fully saturated rings. The van der Waals surface area contributed by atoms with Crippen LogP contribution in [0.15, 0.2) is 36.7 Å². The van der Waals surface area contributed by atoms with Crippen molar-refractivity contribution in [1.82, 2.24) is 24.5 Å². The van der Waals surface area contributed by atoms with Crippen LogP contribution in [0.25, 0.3) is 11.0 Å². The maximum atomic E-state index is 13.3. The van der Waals surface area contributed by atoms with E-state index in [0.717, 1.165) is 11.1 Å². The fraction of sp³-hybridized carbons (Fsp3) is 0.273. The predicted molar refractivity (Wildman–Crippen MR) is 121 cm³/mol. The van der Waals surface area contributed by atoms with Gasteiger partial charge in [0.2, 0.25) is 5.91 Å². The summed E-state index contributed by atoms with van der Waals surface area (Å²) in [5.74, 6) is 0.0584. The van der Waals surface area contributed by atoms with Crippen LogP contribution < -0.4 is 5.32 Å². The highest BCUT2D eigenvalue weighted by atomic mass is 35.5. The summed E-state index contributed by atoms with van der Waals surface area (Å²) < 4.78 is 16.4. The molecule has 0 atom stereocenters. The molecule has 0 unspecified atom stereocenters. The minimum atomic E-state index is -0.412. The van der Waals surface area contributed by atoms with Crippen LogP contribution in [0.5, 0.6) is 0 Å². The average molecular weight is 473 g/mol. The van der Waals surface area contributed by atoms with Crippen LogP contribution in [0, 0.1) is 12.7 Å². The molecule has 3 aromatic heterocycles. The minimum absolute atomic E-state index is 0.0154. The van der Waals surface area contributed by atoms with Crippen LogP contribution >= 0.6 is 23.2 Å². The number of amides is 1. The van der Waals surface area contributed by atoms with Gasteiger partial charge in [-0.2, -0.15) is 10.2 Å². The second-order valence-electron chi connectivity index (χ2n) is 7.92.